The SMILES string of the molecule is NCC(CCC(=O)NC1CC1)c1ccccc1. The van der Waals surface area contributed by atoms with Gasteiger partial charge in [0.1, 0.15) is 0 Å². The fourth-order valence-corrected chi connectivity index (χ4v) is 1.98. The molecular weight excluding hydrogens is 212 g/mol. The van der Waals surface area contributed by atoms with E-state index in [2.05, 4.69) is 17.4 Å². The monoisotopic (exact) mass is 232 g/mol. The van der Waals surface area contributed by atoms with Crippen LogP contribution in [0.15, 0.2) is 30.3 Å². The van der Waals surface area contributed by atoms with Gasteiger partial charge >= 0.3 is 0 Å². The first-order valence-corrected chi connectivity index (χ1v) is 6.34. The maximum Gasteiger partial charge on any atom is 0.220 e. The average molecular weight is 232 g/mol. The molecule has 0 spiro atoms. The number of carbonyl (C=O) groups is 1. The van der Waals surface area contributed by atoms with Crippen molar-refractivity contribution in [3.8, 4) is 0 Å². The maximum absolute atomic E-state index is 11.6. The summed E-state index contributed by atoms with van der Waals surface area (Å²) in [4.78, 5) is 11.6. The standard InChI is InChI=1S/C14H20N2O/c15-10-12(11-4-2-1-3-5-11)6-9-14(17)16-13-7-8-13/h1-5,12-13H,6-10,15H2,(H,16,17). The van der Waals surface area contributed by atoms with E-state index < -0.39 is 0 Å². The molecular formula is C14H20N2O. The van der Waals surface area contributed by atoms with E-state index in [1.807, 2.05) is 18.2 Å². The highest BCUT2D eigenvalue weighted by atomic mass is 16.1. The second kappa shape index (κ2) is 5.82. The van der Waals surface area contributed by atoms with Crippen molar-refractivity contribution >= 4 is 5.91 Å². The van der Waals surface area contributed by atoms with E-state index in [0.717, 1.165) is 19.3 Å². The number of amides is 1. The van der Waals surface area contributed by atoms with Gasteiger partial charge in [-0.25, -0.2) is 0 Å². The Morgan fingerprint density at radius 3 is 2.65 bits per heavy atom. The van der Waals surface area contributed by atoms with Crippen molar-refractivity contribution in [2.75, 3.05) is 6.54 Å². The first kappa shape index (κ1) is 12.1. The Labute approximate surface area is 102 Å². The van der Waals surface area contributed by atoms with Crippen LogP contribution in [0.1, 0.15) is 37.2 Å². The number of hydrogen-bond acceptors (Lipinski definition) is 2. The van der Waals surface area contributed by atoms with Crippen LogP contribution >= 0.6 is 0 Å². The minimum atomic E-state index is 0.168. The normalized spacial score (nSPS) is 16.5. The second-order valence-corrected chi connectivity index (χ2v) is 4.72. The smallest absolute Gasteiger partial charge is 0.220 e. The number of rotatable bonds is 6. The minimum absolute atomic E-state index is 0.168. The summed E-state index contributed by atoms with van der Waals surface area (Å²) in [7, 11) is 0. The van der Waals surface area contributed by atoms with Gasteiger partial charge in [-0.05, 0) is 37.3 Å². The minimum Gasteiger partial charge on any atom is -0.353 e. The molecule has 3 N–H and O–H groups in total. The maximum atomic E-state index is 11.6. The van der Waals surface area contributed by atoms with Gasteiger partial charge in [0.15, 0.2) is 0 Å². The zero-order chi connectivity index (χ0) is 12.1. The molecule has 92 valence electrons. The summed E-state index contributed by atoms with van der Waals surface area (Å²) in [6.45, 7) is 0.598. The molecule has 0 radical (unpaired) electrons. The quantitative estimate of drug-likeness (QED) is 0.785. The summed E-state index contributed by atoms with van der Waals surface area (Å²) in [6, 6.07) is 10.6. The van der Waals surface area contributed by atoms with Crippen LogP contribution in [-0.4, -0.2) is 18.5 Å². The lowest BCUT2D eigenvalue weighted by Crippen LogP contribution is -2.26. The first-order valence-electron chi connectivity index (χ1n) is 6.34. The topological polar surface area (TPSA) is 55.1 Å². The largest absolute Gasteiger partial charge is 0.353 e. The molecule has 1 fully saturated rings. The number of hydrogen-bond donors (Lipinski definition) is 2. The van der Waals surface area contributed by atoms with Crippen molar-refractivity contribution in [2.45, 2.75) is 37.6 Å². The van der Waals surface area contributed by atoms with Crippen LogP contribution in [0.2, 0.25) is 0 Å². The molecule has 0 aromatic heterocycles. The second-order valence-electron chi connectivity index (χ2n) is 4.72. The summed E-state index contributed by atoms with van der Waals surface area (Å²) >= 11 is 0. The van der Waals surface area contributed by atoms with Crippen LogP contribution in [0.25, 0.3) is 0 Å². The van der Waals surface area contributed by atoms with E-state index in [-0.39, 0.29) is 5.91 Å². The average Bonchev–Trinajstić information content (AvgIpc) is 3.15. The lowest BCUT2D eigenvalue weighted by Gasteiger charge is -2.14. The van der Waals surface area contributed by atoms with Gasteiger partial charge in [0.25, 0.3) is 0 Å². The molecule has 1 saturated carbocycles. The fraction of sp³-hybridized carbons (Fsp3) is 0.500. The summed E-state index contributed by atoms with van der Waals surface area (Å²) in [5.41, 5.74) is 7.00. The summed E-state index contributed by atoms with van der Waals surface area (Å²) < 4.78 is 0. The molecule has 1 amide bonds. The molecule has 0 heterocycles. The predicted octanol–water partition coefficient (Wildman–Crippen LogP) is 1.79. The predicted molar refractivity (Wildman–Crippen MR) is 68.6 cm³/mol. The third kappa shape index (κ3) is 3.86. The van der Waals surface area contributed by atoms with E-state index in [4.69, 9.17) is 5.73 Å². The Balaban J connectivity index is 1.80. The van der Waals surface area contributed by atoms with E-state index in [1.54, 1.807) is 0 Å². The van der Waals surface area contributed by atoms with Crippen LogP contribution in [0.5, 0.6) is 0 Å². The van der Waals surface area contributed by atoms with Crippen molar-refractivity contribution < 1.29 is 4.79 Å². The molecule has 0 bridgehead atoms. The van der Waals surface area contributed by atoms with Gasteiger partial charge < -0.3 is 11.1 Å². The lowest BCUT2D eigenvalue weighted by molar-refractivity contribution is -0.121. The highest BCUT2D eigenvalue weighted by Gasteiger charge is 2.23. The molecule has 1 aromatic carbocycles. The third-order valence-corrected chi connectivity index (χ3v) is 3.22. The molecule has 1 aliphatic rings. The van der Waals surface area contributed by atoms with Crippen LogP contribution in [-0.2, 0) is 4.79 Å². The first-order chi connectivity index (χ1) is 8.29. The Kier molecular flexibility index (Phi) is 4.15. The molecule has 0 aliphatic heterocycles. The molecule has 0 saturated heterocycles. The molecule has 1 unspecified atom stereocenters. The summed E-state index contributed by atoms with van der Waals surface area (Å²) in [5.74, 6) is 0.461. The summed E-state index contributed by atoms with van der Waals surface area (Å²) in [5, 5.41) is 3.01. The Morgan fingerprint density at radius 1 is 1.35 bits per heavy atom. The Morgan fingerprint density at radius 2 is 2.06 bits per heavy atom. The van der Waals surface area contributed by atoms with Crippen molar-refractivity contribution in [3.63, 3.8) is 0 Å². The van der Waals surface area contributed by atoms with E-state index in [0.29, 0.717) is 24.9 Å². The number of carbonyl (C=O) groups excluding carboxylic acids is 1. The molecule has 2 rings (SSSR count). The zero-order valence-corrected chi connectivity index (χ0v) is 10.1. The van der Waals surface area contributed by atoms with E-state index in [9.17, 15) is 4.79 Å². The lowest BCUT2D eigenvalue weighted by atomic mass is 9.94. The van der Waals surface area contributed by atoms with E-state index in [1.165, 1.54) is 5.56 Å². The van der Waals surface area contributed by atoms with Gasteiger partial charge in [-0.1, -0.05) is 30.3 Å². The molecule has 3 nitrogen and oxygen atoms in total. The Hall–Kier alpha value is -1.35. The highest BCUT2D eigenvalue weighted by molar-refractivity contribution is 5.76. The molecule has 1 aromatic rings. The fourth-order valence-electron chi connectivity index (χ4n) is 1.98. The van der Waals surface area contributed by atoms with Gasteiger partial charge in [-0.2, -0.15) is 0 Å². The van der Waals surface area contributed by atoms with Gasteiger partial charge in [-0.3, -0.25) is 4.79 Å². The highest BCUT2D eigenvalue weighted by Crippen LogP contribution is 2.21. The van der Waals surface area contributed by atoms with Crippen LogP contribution < -0.4 is 11.1 Å². The van der Waals surface area contributed by atoms with Crippen molar-refractivity contribution in [1.29, 1.82) is 0 Å². The zero-order valence-electron chi connectivity index (χ0n) is 10.1. The van der Waals surface area contributed by atoms with Crippen LogP contribution in [0.4, 0.5) is 0 Å². The summed E-state index contributed by atoms with van der Waals surface area (Å²) in [6.07, 6.45) is 3.70. The molecule has 1 aliphatic carbocycles. The van der Waals surface area contributed by atoms with Gasteiger partial charge in [-0.15, -0.1) is 0 Å². The Bertz CT molecular complexity index is 360. The van der Waals surface area contributed by atoms with Gasteiger partial charge in [0.05, 0.1) is 0 Å². The number of nitrogens with one attached hydrogen (secondary N) is 1. The number of benzene rings is 1. The van der Waals surface area contributed by atoms with Crippen molar-refractivity contribution in [3.05, 3.63) is 35.9 Å². The third-order valence-electron chi connectivity index (χ3n) is 3.22. The van der Waals surface area contributed by atoms with Crippen LogP contribution in [0, 0.1) is 0 Å². The van der Waals surface area contributed by atoms with E-state index >= 15 is 0 Å². The molecule has 1 atom stereocenters. The van der Waals surface area contributed by atoms with Crippen molar-refractivity contribution in [1.82, 2.24) is 5.32 Å². The van der Waals surface area contributed by atoms with Crippen molar-refractivity contribution in [2.24, 2.45) is 5.73 Å². The molecule has 3 heteroatoms. The van der Waals surface area contributed by atoms with Crippen LogP contribution in [0.3, 0.4) is 0 Å². The van der Waals surface area contributed by atoms with Gasteiger partial charge in [0.2, 0.25) is 5.91 Å². The molecule has 17 heavy (non-hydrogen) atoms. The number of nitrogens with two attached hydrogens (primary N) is 1. The van der Waals surface area contributed by atoms with Gasteiger partial charge in [0, 0.05) is 12.5 Å².